The Balaban J connectivity index is 1.39. The molecule has 0 aliphatic heterocycles. The van der Waals surface area contributed by atoms with Gasteiger partial charge in [-0.05, 0) is 146 Å². The maximum absolute atomic E-state index is 13.1. The van der Waals surface area contributed by atoms with Gasteiger partial charge < -0.3 is 0 Å². The lowest BCUT2D eigenvalue weighted by Crippen LogP contribution is -2.65. The van der Waals surface area contributed by atoms with Gasteiger partial charge in [0.15, 0.2) is 0 Å². The van der Waals surface area contributed by atoms with Crippen LogP contribution in [0.5, 0.6) is 0 Å². The van der Waals surface area contributed by atoms with Crippen LogP contribution in [0.4, 0.5) is 0 Å². The average molecular weight is 547 g/mol. The van der Waals surface area contributed by atoms with Gasteiger partial charge in [-0.25, -0.2) is 0 Å². The maximum atomic E-state index is 13.1. The molecule has 1 aromatic carbocycles. The number of allylic oxidation sites excluding steroid dienone is 3. The SMILES string of the molecule is C=C(C)[C@@H]1CC[C@]2(C(=O)Cl)CC[C@]3(C)[C@H](CC[C@@H]4[C@@]5(C)CC=C(c6ccc(C)cc6)C(C)(C)[C@@H]5CC[C@]43C)[C@@H]12. The van der Waals surface area contributed by atoms with Gasteiger partial charge >= 0.3 is 0 Å². The van der Waals surface area contributed by atoms with Crippen molar-refractivity contribution in [2.45, 2.75) is 106 Å². The van der Waals surface area contributed by atoms with Crippen molar-refractivity contribution in [3.63, 3.8) is 0 Å². The zero-order valence-electron chi connectivity index (χ0n) is 25.6. The normalized spacial score (nSPS) is 46.3. The predicted octanol–water partition coefficient (Wildman–Crippen LogP) is 10.4. The smallest absolute Gasteiger partial charge is 0.228 e. The van der Waals surface area contributed by atoms with Crippen LogP contribution >= 0.6 is 11.6 Å². The molecule has 0 aromatic heterocycles. The summed E-state index contributed by atoms with van der Waals surface area (Å²) in [4.78, 5) is 13.1. The highest BCUT2D eigenvalue weighted by atomic mass is 35.5. The molecule has 1 nitrogen and oxygen atoms in total. The minimum absolute atomic E-state index is 0.0518. The third-order valence-corrected chi connectivity index (χ3v) is 14.8. The van der Waals surface area contributed by atoms with E-state index in [9.17, 15) is 4.79 Å². The number of benzene rings is 1. The van der Waals surface area contributed by atoms with E-state index in [2.05, 4.69) is 85.4 Å². The van der Waals surface area contributed by atoms with Crippen molar-refractivity contribution in [1.82, 2.24) is 0 Å². The monoisotopic (exact) mass is 546 g/mol. The molecule has 0 spiro atoms. The number of rotatable bonds is 3. The minimum atomic E-state index is -0.321. The van der Waals surface area contributed by atoms with Crippen LogP contribution in [-0.4, -0.2) is 5.24 Å². The van der Waals surface area contributed by atoms with Crippen LogP contribution in [0.3, 0.4) is 0 Å². The second-order valence-corrected chi connectivity index (χ2v) is 16.4. The fourth-order valence-corrected chi connectivity index (χ4v) is 12.6. The fourth-order valence-electron chi connectivity index (χ4n) is 12.3. The molecule has 0 heterocycles. The topological polar surface area (TPSA) is 17.1 Å². The standard InChI is InChI=1S/C37H51ClO/c1-23(2)26-15-20-37(32(38)39)22-21-35(7)28(31(26)37)13-14-30-34(6)18-16-27(25-11-9-24(3)10-12-25)33(4,5)29(34)17-19-36(30,35)8/h9-12,16,26,28-31H,1,13-15,17-22H2,2-8H3/t26-,28+,29-,30+,31+,34-,35+,36+,37-/m0/s1. The Hall–Kier alpha value is -1.34. The van der Waals surface area contributed by atoms with Crippen molar-refractivity contribution in [3.8, 4) is 0 Å². The quantitative estimate of drug-likeness (QED) is 0.272. The molecule has 0 amide bonds. The molecule has 0 saturated heterocycles. The lowest BCUT2D eigenvalue weighted by atomic mass is 9.32. The molecule has 5 aliphatic carbocycles. The highest BCUT2D eigenvalue weighted by Crippen LogP contribution is 2.77. The van der Waals surface area contributed by atoms with Crippen LogP contribution in [0, 0.1) is 63.6 Å². The summed E-state index contributed by atoms with van der Waals surface area (Å²) < 4.78 is 0. The van der Waals surface area contributed by atoms with Crippen LogP contribution in [0.15, 0.2) is 42.5 Å². The van der Waals surface area contributed by atoms with Gasteiger partial charge in [-0.15, -0.1) is 0 Å². The minimum Gasteiger partial charge on any atom is -0.281 e. The first kappa shape index (κ1) is 27.8. The zero-order valence-corrected chi connectivity index (χ0v) is 26.4. The first-order chi connectivity index (χ1) is 18.2. The van der Waals surface area contributed by atoms with Crippen molar-refractivity contribution in [2.75, 3.05) is 0 Å². The first-order valence-corrected chi connectivity index (χ1v) is 16.2. The molecule has 0 bridgehead atoms. The molecule has 1 aromatic rings. The van der Waals surface area contributed by atoms with Gasteiger partial charge in [0.1, 0.15) is 0 Å². The van der Waals surface area contributed by atoms with Crippen molar-refractivity contribution in [2.24, 2.45) is 56.7 Å². The van der Waals surface area contributed by atoms with Gasteiger partial charge in [-0.2, -0.15) is 0 Å². The molecule has 2 heteroatoms. The molecule has 0 unspecified atom stereocenters. The third-order valence-electron chi connectivity index (χ3n) is 14.4. The molecule has 4 saturated carbocycles. The Kier molecular flexibility index (Phi) is 6.30. The predicted molar refractivity (Wildman–Crippen MR) is 164 cm³/mol. The Bertz CT molecular complexity index is 1220. The number of halogens is 1. The summed E-state index contributed by atoms with van der Waals surface area (Å²) in [7, 11) is 0. The van der Waals surface area contributed by atoms with E-state index in [-0.39, 0.29) is 26.9 Å². The van der Waals surface area contributed by atoms with Gasteiger partial charge in [0.2, 0.25) is 5.24 Å². The van der Waals surface area contributed by atoms with Gasteiger partial charge in [0, 0.05) is 5.41 Å². The Labute approximate surface area is 243 Å². The Morgan fingerprint density at radius 3 is 2.21 bits per heavy atom. The summed E-state index contributed by atoms with van der Waals surface area (Å²) >= 11 is 6.51. The van der Waals surface area contributed by atoms with Crippen molar-refractivity contribution >= 4 is 22.4 Å². The number of fused-ring (bicyclic) bond motifs is 7. The van der Waals surface area contributed by atoms with Crippen LogP contribution in [0.25, 0.3) is 5.57 Å². The summed E-state index contributed by atoms with van der Waals surface area (Å²) in [5.74, 6) is 2.78. The lowest BCUT2D eigenvalue weighted by molar-refractivity contribution is -0.223. The molecule has 4 fully saturated rings. The van der Waals surface area contributed by atoms with E-state index in [0.717, 1.165) is 25.7 Å². The molecule has 212 valence electrons. The summed E-state index contributed by atoms with van der Waals surface area (Å²) in [5.41, 5.74) is 6.25. The lowest BCUT2D eigenvalue weighted by Gasteiger charge is -2.72. The van der Waals surface area contributed by atoms with E-state index in [1.165, 1.54) is 48.8 Å². The Morgan fingerprint density at radius 2 is 1.56 bits per heavy atom. The van der Waals surface area contributed by atoms with E-state index in [0.29, 0.717) is 35.0 Å². The number of aryl methyl sites for hydroxylation is 1. The molecule has 5 aliphatic rings. The van der Waals surface area contributed by atoms with Gasteiger partial charge in [0.05, 0.1) is 0 Å². The van der Waals surface area contributed by atoms with E-state index < -0.39 is 0 Å². The fraction of sp³-hybridized carbons (Fsp3) is 0.703. The largest absolute Gasteiger partial charge is 0.281 e. The summed E-state index contributed by atoms with van der Waals surface area (Å²) in [6, 6.07) is 9.24. The van der Waals surface area contributed by atoms with Gasteiger partial charge in [-0.3, -0.25) is 4.79 Å². The average Bonchev–Trinajstić information content (AvgIpc) is 3.27. The van der Waals surface area contributed by atoms with E-state index in [1.54, 1.807) is 5.57 Å². The van der Waals surface area contributed by atoms with Crippen LogP contribution < -0.4 is 0 Å². The number of carbonyl (C=O) groups is 1. The molecular formula is C37H51ClO. The van der Waals surface area contributed by atoms with Crippen LogP contribution in [-0.2, 0) is 4.79 Å². The van der Waals surface area contributed by atoms with Gasteiger partial charge in [0.25, 0.3) is 0 Å². The molecule has 9 atom stereocenters. The third kappa shape index (κ3) is 3.53. The zero-order chi connectivity index (χ0) is 28.2. The van der Waals surface area contributed by atoms with Crippen molar-refractivity contribution in [1.29, 1.82) is 0 Å². The molecule has 6 rings (SSSR count). The molecular weight excluding hydrogens is 496 g/mol. The highest BCUT2D eigenvalue weighted by molar-refractivity contribution is 6.64. The molecule has 0 N–H and O–H groups in total. The summed E-state index contributed by atoms with van der Waals surface area (Å²) in [6.07, 6.45) is 13.1. The van der Waals surface area contributed by atoms with E-state index in [1.807, 2.05) is 0 Å². The van der Waals surface area contributed by atoms with Gasteiger partial charge in [-0.1, -0.05) is 82.7 Å². The molecule has 0 radical (unpaired) electrons. The van der Waals surface area contributed by atoms with Crippen LogP contribution in [0.2, 0.25) is 0 Å². The second kappa shape index (κ2) is 8.83. The van der Waals surface area contributed by atoms with Crippen molar-refractivity contribution < 1.29 is 4.79 Å². The summed E-state index contributed by atoms with van der Waals surface area (Å²) in [5, 5.41) is -0.0518. The van der Waals surface area contributed by atoms with Crippen LogP contribution in [0.1, 0.15) is 110 Å². The Morgan fingerprint density at radius 1 is 0.872 bits per heavy atom. The number of carbonyl (C=O) groups excluding carboxylic acids is 1. The number of hydrogen-bond acceptors (Lipinski definition) is 1. The summed E-state index contributed by atoms with van der Waals surface area (Å²) in [6.45, 7) is 21.9. The second-order valence-electron chi connectivity index (χ2n) is 16.0. The maximum Gasteiger partial charge on any atom is 0.228 e. The first-order valence-electron chi connectivity index (χ1n) is 15.9. The van der Waals surface area contributed by atoms with Crippen molar-refractivity contribution in [3.05, 3.63) is 53.6 Å². The van der Waals surface area contributed by atoms with E-state index >= 15 is 0 Å². The van der Waals surface area contributed by atoms with E-state index in [4.69, 9.17) is 11.6 Å². The molecule has 39 heavy (non-hydrogen) atoms. The number of hydrogen-bond donors (Lipinski definition) is 0. The highest BCUT2D eigenvalue weighted by Gasteiger charge is 2.71.